The monoisotopic (exact) mass is 493 g/mol. The Morgan fingerprint density at radius 2 is 1.77 bits per heavy atom. The lowest BCUT2D eigenvalue weighted by atomic mass is 10.0. The van der Waals surface area contributed by atoms with E-state index in [4.69, 9.17) is 34.8 Å². The SMILES string of the molecule is O=[N+]([O-])Oc1nccn1CC(Sc1cc(Cl)c(Cl)cc1Cl)c1ccc2ccccc2c1. The van der Waals surface area contributed by atoms with Crippen molar-refractivity contribution in [2.45, 2.75) is 16.7 Å². The van der Waals surface area contributed by atoms with E-state index in [-0.39, 0.29) is 11.3 Å². The molecule has 1 unspecified atom stereocenters. The van der Waals surface area contributed by atoms with Gasteiger partial charge < -0.3 is 4.57 Å². The number of imidazole rings is 1. The molecule has 0 bridgehead atoms. The number of aromatic nitrogens is 2. The van der Waals surface area contributed by atoms with Crippen molar-refractivity contribution in [2.75, 3.05) is 0 Å². The van der Waals surface area contributed by atoms with Crippen molar-refractivity contribution in [3.8, 4) is 6.01 Å². The van der Waals surface area contributed by atoms with Gasteiger partial charge in [-0.05, 0) is 34.5 Å². The number of halogens is 3. The third kappa shape index (κ3) is 5.07. The van der Waals surface area contributed by atoms with E-state index in [0.717, 1.165) is 21.2 Å². The van der Waals surface area contributed by atoms with Crippen LogP contribution in [0.25, 0.3) is 10.8 Å². The van der Waals surface area contributed by atoms with Crippen LogP contribution in [-0.2, 0) is 6.54 Å². The molecule has 1 heterocycles. The fraction of sp³-hybridized carbons (Fsp3) is 0.0952. The van der Waals surface area contributed by atoms with Gasteiger partial charge in [-0.3, -0.25) is 0 Å². The van der Waals surface area contributed by atoms with Gasteiger partial charge in [-0.15, -0.1) is 21.9 Å². The molecule has 0 aliphatic heterocycles. The summed E-state index contributed by atoms with van der Waals surface area (Å²) >= 11 is 20.2. The maximum absolute atomic E-state index is 10.8. The third-order valence-corrected chi connectivity index (χ3v) is 7.03. The molecule has 4 rings (SSSR count). The zero-order chi connectivity index (χ0) is 22.0. The second-order valence-electron chi connectivity index (χ2n) is 6.59. The summed E-state index contributed by atoms with van der Waals surface area (Å²) in [6, 6.07) is 17.4. The summed E-state index contributed by atoms with van der Waals surface area (Å²) in [5, 5.41) is 13.2. The first-order chi connectivity index (χ1) is 14.9. The molecule has 0 fully saturated rings. The van der Waals surface area contributed by atoms with Crippen molar-refractivity contribution in [2.24, 2.45) is 0 Å². The summed E-state index contributed by atoms with van der Waals surface area (Å²) in [5.74, 6) is 0. The highest BCUT2D eigenvalue weighted by molar-refractivity contribution is 7.99. The normalized spacial score (nSPS) is 12.1. The smallest absolute Gasteiger partial charge is 0.302 e. The molecular weight excluding hydrogens is 481 g/mol. The fourth-order valence-electron chi connectivity index (χ4n) is 3.14. The van der Waals surface area contributed by atoms with Crippen LogP contribution in [0.1, 0.15) is 10.8 Å². The average molecular weight is 495 g/mol. The molecule has 6 nitrogen and oxygen atoms in total. The second kappa shape index (κ2) is 9.36. The van der Waals surface area contributed by atoms with Crippen molar-refractivity contribution in [3.05, 3.63) is 97.7 Å². The lowest BCUT2D eigenvalue weighted by Gasteiger charge is -2.20. The van der Waals surface area contributed by atoms with E-state index in [0.29, 0.717) is 21.6 Å². The second-order valence-corrected chi connectivity index (χ2v) is 9.05. The Morgan fingerprint density at radius 1 is 1.03 bits per heavy atom. The summed E-state index contributed by atoms with van der Waals surface area (Å²) < 4.78 is 1.58. The number of benzene rings is 3. The van der Waals surface area contributed by atoms with Crippen LogP contribution >= 0.6 is 46.6 Å². The van der Waals surface area contributed by atoms with Gasteiger partial charge in [0.25, 0.3) is 6.01 Å². The van der Waals surface area contributed by atoms with Crippen LogP contribution in [0.2, 0.25) is 15.1 Å². The molecule has 0 aliphatic carbocycles. The van der Waals surface area contributed by atoms with E-state index in [1.54, 1.807) is 22.9 Å². The Hall–Kier alpha value is -2.45. The number of thioether (sulfide) groups is 1. The molecule has 0 saturated heterocycles. The molecule has 4 aromatic rings. The van der Waals surface area contributed by atoms with Crippen molar-refractivity contribution in [3.63, 3.8) is 0 Å². The summed E-state index contributed by atoms with van der Waals surface area (Å²) in [5.41, 5.74) is 1.01. The molecule has 3 aromatic carbocycles. The van der Waals surface area contributed by atoms with Crippen LogP contribution in [0, 0.1) is 10.1 Å². The van der Waals surface area contributed by atoms with Crippen LogP contribution in [0.15, 0.2) is 71.9 Å². The Morgan fingerprint density at radius 3 is 2.55 bits per heavy atom. The lowest BCUT2D eigenvalue weighted by molar-refractivity contribution is -0.713. The number of rotatable bonds is 7. The largest absolute Gasteiger partial charge is 0.311 e. The summed E-state index contributed by atoms with van der Waals surface area (Å²) in [6.07, 6.45) is 3.08. The van der Waals surface area contributed by atoms with Crippen LogP contribution in [0.4, 0.5) is 0 Å². The van der Waals surface area contributed by atoms with Crippen molar-refractivity contribution >= 4 is 57.3 Å². The number of nitrogens with zero attached hydrogens (tertiary/aromatic N) is 3. The number of hydrogen-bond acceptors (Lipinski definition) is 5. The predicted octanol–water partition coefficient (Wildman–Crippen LogP) is 7.10. The minimum atomic E-state index is -0.882. The van der Waals surface area contributed by atoms with E-state index in [9.17, 15) is 10.1 Å². The molecule has 0 aliphatic rings. The topological polar surface area (TPSA) is 70.2 Å². The van der Waals surface area contributed by atoms with E-state index >= 15 is 0 Å². The molecule has 1 atom stereocenters. The minimum absolute atomic E-state index is 0.100. The van der Waals surface area contributed by atoms with Gasteiger partial charge in [0.1, 0.15) is 0 Å². The standard InChI is InChI=1S/C21H14Cl3N3O3S/c22-16-10-18(24)19(11-17(16)23)31-20(12-26-8-7-25-21(26)30-27(28)29)15-6-5-13-3-1-2-4-14(13)9-15/h1-11,20H,12H2. The summed E-state index contributed by atoms with van der Waals surface area (Å²) in [7, 11) is 0. The Kier molecular flexibility index (Phi) is 6.57. The van der Waals surface area contributed by atoms with E-state index in [1.807, 2.05) is 36.4 Å². The van der Waals surface area contributed by atoms with E-state index in [1.165, 1.54) is 18.0 Å². The highest BCUT2D eigenvalue weighted by atomic mass is 35.5. The van der Waals surface area contributed by atoms with Gasteiger partial charge in [-0.25, -0.2) is 9.82 Å². The van der Waals surface area contributed by atoms with Gasteiger partial charge in [0.15, 0.2) is 0 Å². The molecule has 31 heavy (non-hydrogen) atoms. The first-order valence-electron chi connectivity index (χ1n) is 9.04. The maximum Gasteiger partial charge on any atom is 0.302 e. The third-order valence-electron chi connectivity index (χ3n) is 4.59. The zero-order valence-electron chi connectivity index (χ0n) is 15.7. The minimum Gasteiger partial charge on any atom is -0.311 e. The highest BCUT2D eigenvalue weighted by Crippen LogP contribution is 2.43. The van der Waals surface area contributed by atoms with E-state index in [2.05, 4.69) is 15.9 Å². The van der Waals surface area contributed by atoms with Crippen LogP contribution in [0.3, 0.4) is 0 Å². The van der Waals surface area contributed by atoms with Gasteiger partial charge in [-0.1, -0.05) is 71.2 Å². The average Bonchev–Trinajstić information content (AvgIpc) is 3.17. The molecule has 0 amide bonds. The van der Waals surface area contributed by atoms with Crippen LogP contribution < -0.4 is 4.84 Å². The molecule has 158 valence electrons. The van der Waals surface area contributed by atoms with Crippen molar-refractivity contribution in [1.29, 1.82) is 0 Å². The van der Waals surface area contributed by atoms with Gasteiger partial charge in [0.2, 0.25) is 0 Å². The van der Waals surface area contributed by atoms with Crippen LogP contribution in [0.5, 0.6) is 6.01 Å². The summed E-state index contributed by atoms with van der Waals surface area (Å²) in [4.78, 5) is 20.1. The number of fused-ring (bicyclic) bond motifs is 1. The van der Waals surface area contributed by atoms with E-state index < -0.39 is 5.09 Å². The Labute approximate surface area is 196 Å². The zero-order valence-corrected chi connectivity index (χ0v) is 18.8. The molecule has 0 spiro atoms. The van der Waals surface area contributed by atoms with Gasteiger partial charge >= 0.3 is 5.09 Å². The first kappa shape index (κ1) is 21.8. The fourth-order valence-corrected chi connectivity index (χ4v) is 5.07. The predicted molar refractivity (Wildman–Crippen MR) is 124 cm³/mol. The van der Waals surface area contributed by atoms with Gasteiger partial charge in [0.05, 0.1) is 20.3 Å². The summed E-state index contributed by atoms with van der Waals surface area (Å²) in [6.45, 7) is 0.350. The number of hydrogen-bond donors (Lipinski definition) is 0. The molecule has 0 saturated carbocycles. The Balaban J connectivity index is 1.73. The molecule has 0 radical (unpaired) electrons. The molecular formula is C21H14Cl3N3O3S. The molecule has 0 N–H and O–H groups in total. The quantitative estimate of drug-likeness (QED) is 0.119. The lowest BCUT2D eigenvalue weighted by Crippen LogP contribution is -2.12. The highest BCUT2D eigenvalue weighted by Gasteiger charge is 2.20. The van der Waals surface area contributed by atoms with Crippen molar-refractivity contribution in [1.82, 2.24) is 9.55 Å². The Bertz CT molecular complexity index is 1270. The molecule has 10 heteroatoms. The van der Waals surface area contributed by atoms with Gasteiger partial charge in [0, 0.05) is 23.8 Å². The van der Waals surface area contributed by atoms with Crippen LogP contribution in [-0.4, -0.2) is 14.6 Å². The van der Waals surface area contributed by atoms with Gasteiger partial charge in [-0.2, -0.15) is 0 Å². The van der Waals surface area contributed by atoms with Crippen molar-refractivity contribution < 1.29 is 9.92 Å². The first-order valence-corrected chi connectivity index (χ1v) is 11.1. The molecule has 1 aromatic heterocycles. The maximum atomic E-state index is 10.8.